The van der Waals surface area contributed by atoms with Crippen molar-refractivity contribution in [1.29, 1.82) is 0 Å². The van der Waals surface area contributed by atoms with Crippen LogP contribution >= 0.6 is 0 Å². The second-order valence-corrected chi connectivity index (χ2v) is 9.47. The summed E-state index contributed by atoms with van der Waals surface area (Å²) in [6.45, 7) is 1.74. The molecule has 2 heterocycles. The van der Waals surface area contributed by atoms with Crippen molar-refractivity contribution in [2.75, 3.05) is 27.4 Å². The summed E-state index contributed by atoms with van der Waals surface area (Å²) >= 11 is 0. The molecule has 29 heavy (non-hydrogen) atoms. The molecule has 1 fully saturated rings. The molecule has 0 aliphatic carbocycles. The molecule has 2 aliphatic heterocycles. The molecule has 0 amide bonds. The van der Waals surface area contributed by atoms with Gasteiger partial charge in [0.15, 0.2) is 0 Å². The molecule has 0 aromatic heterocycles. The molecule has 2 aromatic rings. The van der Waals surface area contributed by atoms with Crippen molar-refractivity contribution in [2.45, 2.75) is 36.7 Å². The Bertz CT molecular complexity index is 952. The quantitative estimate of drug-likeness (QED) is 0.747. The second-order valence-electron chi connectivity index (χ2n) is 7.58. The van der Waals surface area contributed by atoms with Crippen LogP contribution in [-0.2, 0) is 27.7 Å². The normalized spacial score (nSPS) is 20.8. The van der Waals surface area contributed by atoms with Crippen molar-refractivity contribution in [3.63, 3.8) is 0 Å². The minimum Gasteiger partial charge on any atom is -0.497 e. The molecule has 2 aromatic carbocycles. The summed E-state index contributed by atoms with van der Waals surface area (Å²) in [6.07, 6.45) is 2.43. The molecular weight excluding hydrogens is 390 g/mol. The molecule has 0 unspecified atom stereocenters. The molecule has 0 radical (unpaired) electrons. The molecule has 7 heteroatoms. The first-order valence-electron chi connectivity index (χ1n) is 9.92. The number of sulfonamides is 1. The maximum absolute atomic E-state index is 13.6. The highest BCUT2D eigenvalue weighted by Gasteiger charge is 2.40. The summed E-state index contributed by atoms with van der Waals surface area (Å²) in [7, 11) is -0.415. The van der Waals surface area contributed by atoms with Gasteiger partial charge in [-0.05, 0) is 72.7 Å². The number of benzene rings is 2. The van der Waals surface area contributed by atoms with Crippen molar-refractivity contribution in [2.24, 2.45) is 5.92 Å². The highest BCUT2D eigenvalue weighted by atomic mass is 32.2. The van der Waals surface area contributed by atoms with Crippen LogP contribution in [0.25, 0.3) is 0 Å². The molecule has 6 nitrogen and oxygen atoms in total. The zero-order chi connectivity index (χ0) is 20.4. The summed E-state index contributed by atoms with van der Waals surface area (Å²) in [5.74, 6) is 1.72. The number of nitrogens with zero attached hydrogens (tertiary/aromatic N) is 1. The molecule has 1 saturated heterocycles. The third-order valence-electron chi connectivity index (χ3n) is 6.01. The van der Waals surface area contributed by atoms with Crippen LogP contribution in [0.2, 0.25) is 0 Å². The average Bonchev–Trinajstić information content (AvgIpc) is 2.78. The highest BCUT2D eigenvalue weighted by molar-refractivity contribution is 7.89. The van der Waals surface area contributed by atoms with Gasteiger partial charge in [0, 0.05) is 25.8 Å². The van der Waals surface area contributed by atoms with Gasteiger partial charge in [-0.3, -0.25) is 0 Å². The van der Waals surface area contributed by atoms with Gasteiger partial charge >= 0.3 is 0 Å². The van der Waals surface area contributed by atoms with Crippen LogP contribution in [0.3, 0.4) is 0 Å². The lowest BCUT2D eigenvalue weighted by molar-refractivity contribution is 0.0389. The fourth-order valence-electron chi connectivity index (χ4n) is 4.33. The predicted molar refractivity (Wildman–Crippen MR) is 110 cm³/mol. The first-order valence-corrected chi connectivity index (χ1v) is 11.4. The van der Waals surface area contributed by atoms with Gasteiger partial charge < -0.3 is 14.2 Å². The molecule has 0 spiro atoms. The van der Waals surface area contributed by atoms with E-state index < -0.39 is 10.0 Å². The van der Waals surface area contributed by atoms with Gasteiger partial charge in [-0.2, -0.15) is 4.31 Å². The van der Waals surface area contributed by atoms with E-state index in [-0.39, 0.29) is 12.0 Å². The topological polar surface area (TPSA) is 65.1 Å². The minimum absolute atomic E-state index is 0.0920. The fraction of sp³-hybridized carbons (Fsp3) is 0.455. The second kappa shape index (κ2) is 8.34. The van der Waals surface area contributed by atoms with E-state index in [1.165, 1.54) is 5.56 Å². The maximum Gasteiger partial charge on any atom is 0.243 e. The fourth-order valence-corrected chi connectivity index (χ4v) is 6.00. The summed E-state index contributed by atoms with van der Waals surface area (Å²) in [5, 5.41) is 0. The molecule has 0 N–H and O–H groups in total. The number of fused-ring (bicyclic) bond motifs is 1. The smallest absolute Gasteiger partial charge is 0.243 e. The van der Waals surface area contributed by atoms with Crippen LogP contribution < -0.4 is 9.47 Å². The first kappa shape index (κ1) is 20.2. The molecule has 4 rings (SSSR count). The van der Waals surface area contributed by atoms with Gasteiger partial charge in [-0.1, -0.05) is 6.07 Å². The Hall–Kier alpha value is -2.09. The van der Waals surface area contributed by atoms with Crippen molar-refractivity contribution in [1.82, 2.24) is 4.31 Å². The van der Waals surface area contributed by atoms with E-state index in [4.69, 9.17) is 14.2 Å². The standard InChI is InChI=1S/C22H27NO5S/c1-26-19-5-7-21(8-6-19)29(24,25)23-15-17-3-4-20(27-2)13-18(17)14-22(23)16-9-11-28-12-10-16/h3-8,13,16,22H,9-12,14-15H2,1-2H3/t22-/m1/s1. The van der Waals surface area contributed by atoms with Crippen LogP contribution in [0.5, 0.6) is 11.5 Å². The molecule has 2 aliphatic rings. The minimum atomic E-state index is -3.64. The summed E-state index contributed by atoms with van der Waals surface area (Å²) in [4.78, 5) is 0.298. The van der Waals surface area contributed by atoms with Crippen molar-refractivity contribution < 1.29 is 22.6 Å². The Morgan fingerprint density at radius 3 is 2.24 bits per heavy atom. The Morgan fingerprint density at radius 2 is 1.59 bits per heavy atom. The van der Waals surface area contributed by atoms with E-state index in [1.54, 1.807) is 42.8 Å². The van der Waals surface area contributed by atoms with E-state index in [0.717, 1.165) is 24.2 Å². The van der Waals surface area contributed by atoms with E-state index in [9.17, 15) is 8.42 Å². The summed E-state index contributed by atoms with van der Waals surface area (Å²) < 4.78 is 45.0. The first-order chi connectivity index (χ1) is 14.0. The molecule has 156 valence electrons. The van der Waals surface area contributed by atoms with Crippen LogP contribution in [0.1, 0.15) is 24.0 Å². The lowest BCUT2D eigenvalue weighted by Gasteiger charge is -2.41. The number of methoxy groups -OCH3 is 2. The lowest BCUT2D eigenvalue weighted by atomic mass is 9.84. The maximum atomic E-state index is 13.6. The Kier molecular flexibility index (Phi) is 5.81. The Balaban J connectivity index is 1.72. The predicted octanol–water partition coefficient (Wildman–Crippen LogP) is 3.25. The molecular formula is C22H27NO5S. The van der Waals surface area contributed by atoms with Crippen LogP contribution in [-0.4, -0.2) is 46.2 Å². The van der Waals surface area contributed by atoms with Crippen LogP contribution in [0.4, 0.5) is 0 Å². The third kappa shape index (κ3) is 3.99. The zero-order valence-electron chi connectivity index (χ0n) is 16.8. The molecule has 0 bridgehead atoms. The SMILES string of the molecule is COc1ccc(S(=O)(=O)N2Cc3ccc(OC)cc3C[C@@H]2C2CCOCC2)cc1. The summed E-state index contributed by atoms with van der Waals surface area (Å²) in [6, 6.07) is 12.5. The third-order valence-corrected chi connectivity index (χ3v) is 7.90. The van der Waals surface area contributed by atoms with E-state index in [2.05, 4.69) is 0 Å². The lowest BCUT2D eigenvalue weighted by Crippen LogP contribution is -2.49. The number of hydrogen-bond donors (Lipinski definition) is 0. The van der Waals surface area contributed by atoms with Gasteiger partial charge in [0.2, 0.25) is 10.0 Å². The Morgan fingerprint density at radius 1 is 0.931 bits per heavy atom. The monoisotopic (exact) mass is 417 g/mol. The van der Waals surface area contributed by atoms with Gasteiger partial charge in [-0.25, -0.2) is 8.42 Å². The van der Waals surface area contributed by atoms with Crippen molar-refractivity contribution in [3.8, 4) is 11.5 Å². The largest absolute Gasteiger partial charge is 0.497 e. The number of rotatable bonds is 5. The average molecular weight is 418 g/mol. The molecule has 0 saturated carbocycles. The van der Waals surface area contributed by atoms with Crippen molar-refractivity contribution in [3.05, 3.63) is 53.6 Å². The van der Waals surface area contributed by atoms with E-state index in [1.807, 2.05) is 18.2 Å². The van der Waals surface area contributed by atoms with E-state index in [0.29, 0.717) is 36.8 Å². The molecule has 1 atom stereocenters. The number of hydrogen-bond acceptors (Lipinski definition) is 5. The van der Waals surface area contributed by atoms with Crippen molar-refractivity contribution >= 4 is 10.0 Å². The van der Waals surface area contributed by atoms with Gasteiger partial charge in [0.05, 0.1) is 19.1 Å². The Labute approximate surface area is 172 Å². The van der Waals surface area contributed by atoms with Crippen LogP contribution in [0.15, 0.2) is 47.4 Å². The number of ether oxygens (including phenoxy) is 3. The summed E-state index contributed by atoms with van der Waals surface area (Å²) in [5.41, 5.74) is 2.20. The van der Waals surface area contributed by atoms with Crippen LogP contribution in [0, 0.1) is 5.92 Å². The van der Waals surface area contributed by atoms with Gasteiger partial charge in [0.1, 0.15) is 11.5 Å². The zero-order valence-corrected chi connectivity index (χ0v) is 17.7. The van der Waals surface area contributed by atoms with Gasteiger partial charge in [0.25, 0.3) is 0 Å². The highest BCUT2D eigenvalue weighted by Crippen LogP contribution is 2.37. The van der Waals surface area contributed by atoms with Gasteiger partial charge in [-0.15, -0.1) is 0 Å². The van der Waals surface area contributed by atoms with E-state index >= 15 is 0 Å².